The molecule has 3 aromatic rings. The van der Waals surface area contributed by atoms with Crippen LogP contribution in [0.25, 0.3) is 11.2 Å². The van der Waals surface area contributed by atoms with Crippen LogP contribution in [-0.2, 0) is 27.5 Å². The first kappa shape index (κ1) is 20.0. The first-order chi connectivity index (χ1) is 13.7. The fraction of sp³-hybridized carbons (Fsp3) is 0.333. The van der Waals surface area contributed by atoms with Crippen molar-refractivity contribution in [2.24, 2.45) is 4.99 Å². The summed E-state index contributed by atoms with van der Waals surface area (Å²) < 4.78 is 17.8. The Morgan fingerprint density at radius 3 is 2.93 bits per heavy atom. The molecule has 0 bridgehead atoms. The molecule has 0 amide bonds. The Labute approximate surface area is 166 Å². The van der Waals surface area contributed by atoms with Gasteiger partial charge in [-0.05, 0) is 5.56 Å². The standard InChI is InChI=1S/C18H20ClN5O4/c1-26-11-21-18-22-16-15(17(25)23-18)20-10-24(16)12-28-14(7-19)9-27-8-13-5-3-2-4-6-13/h2-6,10-11,14H,7-9,12H2,1H3,(H,22,23,25)/b21-11-. The molecule has 0 fully saturated rings. The second-order valence-corrected chi connectivity index (χ2v) is 6.13. The average Bonchev–Trinajstić information content (AvgIpc) is 3.13. The Morgan fingerprint density at radius 2 is 2.18 bits per heavy atom. The van der Waals surface area contributed by atoms with Gasteiger partial charge in [0.15, 0.2) is 17.6 Å². The molecule has 1 atom stereocenters. The van der Waals surface area contributed by atoms with Crippen LogP contribution >= 0.6 is 11.6 Å². The fourth-order valence-corrected chi connectivity index (χ4v) is 2.58. The maximum absolute atomic E-state index is 12.1. The van der Waals surface area contributed by atoms with E-state index < -0.39 is 5.56 Å². The minimum Gasteiger partial charge on any atom is -0.486 e. The molecule has 28 heavy (non-hydrogen) atoms. The highest BCUT2D eigenvalue weighted by atomic mass is 35.5. The zero-order valence-electron chi connectivity index (χ0n) is 15.2. The minimum atomic E-state index is -0.396. The summed E-state index contributed by atoms with van der Waals surface area (Å²) >= 11 is 5.98. The van der Waals surface area contributed by atoms with Crippen LogP contribution in [0.15, 0.2) is 46.4 Å². The fourth-order valence-electron chi connectivity index (χ4n) is 2.41. The number of nitrogens with zero attached hydrogens (tertiary/aromatic N) is 4. The number of ether oxygens (including phenoxy) is 3. The molecule has 9 nitrogen and oxygen atoms in total. The normalized spacial score (nSPS) is 12.6. The molecule has 0 saturated heterocycles. The molecular formula is C18H20ClN5O4. The van der Waals surface area contributed by atoms with E-state index in [1.165, 1.54) is 19.8 Å². The maximum Gasteiger partial charge on any atom is 0.280 e. The number of aromatic nitrogens is 4. The summed E-state index contributed by atoms with van der Waals surface area (Å²) in [4.78, 5) is 26.8. The highest BCUT2D eigenvalue weighted by Crippen LogP contribution is 2.11. The lowest BCUT2D eigenvalue weighted by atomic mass is 10.2. The number of aromatic amines is 1. The van der Waals surface area contributed by atoms with E-state index in [2.05, 4.69) is 19.9 Å². The van der Waals surface area contributed by atoms with E-state index in [0.29, 0.717) is 18.9 Å². The van der Waals surface area contributed by atoms with E-state index in [4.69, 9.17) is 25.8 Å². The monoisotopic (exact) mass is 405 g/mol. The first-order valence-corrected chi connectivity index (χ1v) is 9.04. The van der Waals surface area contributed by atoms with Crippen LogP contribution in [0.2, 0.25) is 0 Å². The Kier molecular flexibility index (Phi) is 7.12. The Bertz CT molecular complexity index is 973. The summed E-state index contributed by atoms with van der Waals surface area (Å²) in [5.41, 5.74) is 1.23. The summed E-state index contributed by atoms with van der Waals surface area (Å²) in [6.45, 7) is 0.929. The van der Waals surface area contributed by atoms with Crippen molar-refractivity contribution in [1.29, 1.82) is 0 Å². The molecule has 0 aliphatic rings. The lowest BCUT2D eigenvalue weighted by molar-refractivity contribution is -0.0366. The number of benzene rings is 1. The van der Waals surface area contributed by atoms with Gasteiger partial charge in [0.2, 0.25) is 5.95 Å². The quantitative estimate of drug-likeness (QED) is 0.315. The van der Waals surface area contributed by atoms with Crippen LogP contribution < -0.4 is 5.56 Å². The summed E-state index contributed by atoms with van der Waals surface area (Å²) in [6.07, 6.45) is 2.33. The molecule has 0 radical (unpaired) electrons. The van der Waals surface area contributed by atoms with E-state index in [9.17, 15) is 4.79 Å². The number of aliphatic imine (C=N–C) groups is 1. The maximum atomic E-state index is 12.1. The van der Waals surface area contributed by atoms with Crippen molar-refractivity contribution in [3.63, 3.8) is 0 Å². The van der Waals surface area contributed by atoms with Crippen molar-refractivity contribution < 1.29 is 14.2 Å². The lowest BCUT2D eigenvalue weighted by Gasteiger charge is -2.16. The Balaban J connectivity index is 1.62. The van der Waals surface area contributed by atoms with Gasteiger partial charge < -0.3 is 14.2 Å². The predicted molar refractivity (Wildman–Crippen MR) is 105 cm³/mol. The highest BCUT2D eigenvalue weighted by Gasteiger charge is 2.13. The Morgan fingerprint density at radius 1 is 1.36 bits per heavy atom. The summed E-state index contributed by atoms with van der Waals surface area (Å²) in [6, 6.07) is 9.84. The van der Waals surface area contributed by atoms with Crippen LogP contribution in [0, 0.1) is 0 Å². The van der Waals surface area contributed by atoms with Crippen LogP contribution in [0.1, 0.15) is 5.56 Å². The molecule has 10 heteroatoms. The zero-order chi connectivity index (χ0) is 19.8. The number of H-pyrrole nitrogens is 1. The van der Waals surface area contributed by atoms with Gasteiger partial charge in [-0.15, -0.1) is 11.6 Å². The van der Waals surface area contributed by atoms with Gasteiger partial charge in [0.05, 0.1) is 38.6 Å². The summed E-state index contributed by atoms with van der Waals surface area (Å²) in [5.74, 6) is 0.375. The van der Waals surface area contributed by atoms with Gasteiger partial charge in [0.1, 0.15) is 6.73 Å². The number of hydrogen-bond acceptors (Lipinski definition) is 7. The van der Waals surface area contributed by atoms with E-state index in [1.54, 1.807) is 4.57 Å². The number of nitrogens with one attached hydrogen (secondary N) is 1. The molecule has 2 heterocycles. The third-order valence-corrected chi connectivity index (χ3v) is 4.12. The van der Waals surface area contributed by atoms with Gasteiger partial charge in [-0.2, -0.15) is 9.98 Å². The van der Waals surface area contributed by atoms with Crippen LogP contribution in [0.5, 0.6) is 0 Å². The SMILES string of the molecule is CO/C=N\c1nc2c(ncn2COC(CCl)COCc2ccccc2)c(=O)[nH]1. The van der Waals surface area contributed by atoms with Gasteiger partial charge in [-0.1, -0.05) is 30.3 Å². The molecule has 0 aliphatic heterocycles. The van der Waals surface area contributed by atoms with Crippen molar-refractivity contribution in [1.82, 2.24) is 19.5 Å². The highest BCUT2D eigenvalue weighted by molar-refractivity contribution is 6.18. The van der Waals surface area contributed by atoms with Crippen LogP contribution in [0.4, 0.5) is 5.95 Å². The van der Waals surface area contributed by atoms with Crippen molar-refractivity contribution >= 4 is 35.1 Å². The average molecular weight is 406 g/mol. The van der Waals surface area contributed by atoms with E-state index in [1.807, 2.05) is 30.3 Å². The van der Waals surface area contributed by atoms with E-state index >= 15 is 0 Å². The van der Waals surface area contributed by atoms with E-state index in [0.717, 1.165) is 5.56 Å². The largest absolute Gasteiger partial charge is 0.486 e. The number of imidazole rings is 1. The van der Waals surface area contributed by atoms with Gasteiger partial charge in [-0.3, -0.25) is 14.3 Å². The number of fused-ring (bicyclic) bond motifs is 1. The van der Waals surface area contributed by atoms with Crippen molar-refractivity contribution in [3.8, 4) is 0 Å². The molecule has 1 unspecified atom stereocenters. The second-order valence-electron chi connectivity index (χ2n) is 5.82. The van der Waals surface area contributed by atoms with Gasteiger partial charge in [0, 0.05) is 0 Å². The lowest BCUT2D eigenvalue weighted by Crippen LogP contribution is -2.23. The van der Waals surface area contributed by atoms with Crippen molar-refractivity contribution in [2.75, 3.05) is 19.6 Å². The summed E-state index contributed by atoms with van der Waals surface area (Å²) in [5, 5.41) is 0. The molecule has 0 aliphatic carbocycles. The zero-order valence-corrected chi connectivity index (χ0v) is 16.0. The minimum absolute atomic E-state index is 0.112. The smallest absolute Gasteiger partial charge is 0.280 e. The second kappa shape index (κ2) is 9.98. The molecular weight excluding hydrogens is 386 g/mol. The molecule has 0 spiro atoms. The number of hydrogen-bond donors (Lipinski definition) is 1. The third-order valence-electron chi connectivity index (χ3n) is 3.78. The van der Waals surface area contributed by atoms with Gasteiger partial charge in [0.25, 0.3) is 5.56 Å². The molecule has 1 aromatic carbocycles. The first-order valence-electron chi connectivity index (χ1n) is 8.51. The predicted octanol–water partition coefficient (Wildman–Crippen LogP) is 2.22. The molecule has 0 saturated carbocycles. The number of methoxy groups -OCH3 is 1. The number of rotatable bonds is 10. The molecule has 148 valence electrons. The topological polar surface area (TPSA) is 104 Å². The third kappa shape index (κ3) is 5.16. The summed E-state index contributed by atoms with van der Waals surface area (Å²) in [7, 11) is 1.45. The number of halogens is 1. The van der Waals surface area contributed by atoms with Crippen LogP contribution in [0.3, 0.4) is 0 Å². The molecule has 3 rings (SSSR count). The van der Waals surface area contributed by atoms with Crippen molar-refractivity contribution in [3.05, 3.63) is 52.6 Å². The molecule has 1 N–H and O–H groups in total. The molecule has 2 aromatic heterocycles. The van der Waals surface area contributed by atoms with E-state index in [-0.39, 0.29) is 30.2 Å². The van der Waals surface area contributed by atoms with Crippen LogP contribution in [-0.4, -0.2) is 51.6 Å². The van der Waals surface area contributed by atoms with Crippen molar-refractivity contribution in [2.45, 2.75) is 19.4 Å². The van der Waals surface area contributed by atoms with Gasteiger partial charge >= 0.3 is 0 Å². The van der Waals surface area contributed by atoms with Gasteiger partial charge in [-0.25, -0.2) is 4.98 Å². The number of alkyl halides is 1. The Hall–Kier alpha value is -2.75.